The van der Waals surface area contributed by atoms with Crippen molar-refractivity contribution >= 4 is 72.4 Å². The fourth-order valence-corrected chi connectivity index (χ4v) is 17.8. The minimum absolute atomic E-state index is 1.13. The Hall–Kier alpha value is -10.3. The molecule has 0 atom stereocenters. The number of aromatic nitrogens is 2. The third-order valence-electron chi connectivity index (χ3n) is 16.6. The molecule has 0 aliphatic carbocycles. The van der Waals surface area contributed by atoms with E-state index in [4.69, 9.17) is 0 Å². The summed E-state index contributed by atoms with van der Waals surface area (Å²) in [5.41, 5.74) is 18.7. The molecule has 0 bridgehead atoms. The average molecular weight is 1050 g/mol. The highest BCUT2D eigenvalue weighted by Crippen LogP contribution is 2.44. The number of hydrogen-bond donors (Lipinski definition) is 0. The molecule has 0 N–H and O–H groups in total. The van der Waals surface area contributed by atoms with Crippen LogP contribution in [0.2, 0.25) is 0 Å². The maximum Gasteiger partial charge on any atom is 0.179 e. The first-order valence-electron chi connectivity index (χ1n) is 28.0. The van der Waals surface area contributed by atoms with Crippen LogP contribution in [0.25, 0.3) is 111 Å². The van der Waals surface area contributed by atoms with E-state index in [2.05, 4.69) is 337 Å². The lowest BCUT2D eigenvalue weighted by Gasteiger charge is -2.36. The van der Waals surface area contributed by atoms with Crippen LogP contribution in [0, 0.1) is 0 Å². The van der Waals surface area contributed by atoms with Gasteiger partial charge in [0.25, 0.3) is 0 Å². The molecule has 15 rings (SSSR count). The molecule has 0 spiro atoms. The van der Waals surface area contributed by atoms with Crippen LogP contribution < -0.4 is 20.7 Å². The van der Waals surface area contributed by atoms with E-state index in [0.717, 1.165) is 44.7 Å². The lowest BCUT2D eigenvalue weighted by Crippen LogP contribution is -2.74. The van der Waals surface area contributed by atoms with Gasteiger partial charge in [-0.1, -0.05) is 285 Å². The van der Waals surface area contributed by atoms with E-state index in [9.17, 15) is 0 Å². The van der Waals surface area contributed by atoms with Gasteiger partial charge in [0.15, 0.2) is 8.07 Å². The van der Waals surface area contributed by atoms with Crippen molar-refractivity contribution in [2.24, 2.45) is 0 Å². The van der Waals surface area contributed by atoms with Gasteiger partial charge in [0.05, 0.1) is 27.8 Å². The number of fused-ring (bicyclic) bond motifs is 6. The molecular formula is C78H54N2Si. The molecule has 81 heavy (non-hydrogen) atoms. The summed E-state index contributed by atoms with van der Waals surface area (Å²) in [6.07, 6.45) is 0. The topological polar surface area (TPSA) is 9.86 Å². The highest BCUT2D eigenvalue weighted by molar-refractivity contribution is 7.20. The molecule has 13 aromatic carbocycles. The van der Waals surface area contributed by atoms with Crippen molar-refractivity contribution in [3.63, 3.8) is 0 Å². The zero-order chi connectivity index (χ0) is 53.7. The molecule has 0 amide bonds. The second kappa shape index (κ2) is 20.2. The van der Waals surface area contributed by atoms with Crippen molar-refractivity contribution in [1.29, 1.82) is 0 Å². The number of nitrogens with zero attached hydrogens (tertiary/aromatic N) is 2. The molecule has 0 saturated heterocycles. The van der Waals surface area contributed by atoms with Gasteiger partial charge in [-0.25, -0.2) is 0 Å². The largest absolute Gasteiger partial charge is 0.309 e. The maximum absolute atomic E-state index is 3.31. The zero-order valence-electron chi connectivity index (χ0n) is 44.6. The molecule has 0 saturated carbocycles. The van der Waals surface area contributed by atoms with Crippen LogP contribution in [0.5, 0.6) is 0 Å². The van der Waals surface area contributed by atoms with E-state index in [0.29, 0.717) is 0 Å². The Morgan fingerprint density at radius 3 is 1.04 bits per heavy atom. The van der Waals surface area contributed by atoms with Crippen LogP contribution in [0.3, 0.4) is 0 Å². The fraction of sp³-hybridized carbons (Fsp3) is 0. The molecule has 380 valence electrons. The third-order valence-corrected chi connectivity index (χ3v) is 21.4. The number of hydrogen-bond acceptors (Lipinski definition) is 0. The van der Waals surface area contributed by atoms with Crippen LogP contribution in [0.15, 0.2) is 328 Å². The number of para-hydroxylation sites is 2. The lowest BCUT2D eigenvalue weighted by molar-refractivity contribution is 1.17. The predicted octanol–water partition coefficient (Wildman–Crippen LogP) is 17.6. The summed E-state index contributed by atoms with van der Waals surface area (Å²) < 4.78 is 5.03. The molecular weight excluding hydrogens is 993 g/mol. The van der Waals surface area contributed by atoms with E-state index in [1.807, 2.05) is 0 Å². The number of rotatable bonds is 11. The van der Waals surface area contributed by atoms with Crippen molar-refractivity contribution < 1.29 is 0 Å². The summed E-state index contributed by atoms with van der Waals surface area (Å²) in [5, 5.41) is 10.1. The number of benzene rings is 13. The SMILES string of the molecule is c1ccc(-c2cccc([Si](c3ccccc3)(c3cccc(-c4ccccc4)c3)c3cc(-c4ccccc4)c(-n4c5ccc(-c6ccccc6)cc5c5cc(-n6c7ccccc7c7ccccc76)ccc54)c(-c4ccccc4)c3)c2)cc1. The highest BCUT2D eigenvalue weighted by atomic mass is 28.3. The van der Waals surface area contributed by atoms with Crippen LogP contribution in [-0.2, 0) is 0 Å². The zero-order valence-corrected chi connectivity index (χ0v) is 45.6. The van der Waals surface area contributed by atoms with Crippen molar-refractivity contribution in [2.75, 3.05) is 0 Å². The Balaban J connectivity index is 1.09. The first kappa shape index (κ1) is 47.9. The first-order chi connectivity index (χ1) is 40.2. The van der Waals surface area contributed by atoms with Crippen molar-refractivity contribution in [3.8, 4) is 67.0 Å². The monoisotopic (exact) mass is 1050 g/mol. The molecule has 0 aliphatic rings. The molecule has 0 fully saturated rings. The molecule has 2 aromatic heterocycles. The third kappa shape index (κ3) is 8.17. The predicted molar refractivity (Wildman–Crippen MR) is 346 cm³/mol. The van der Waals surface area contributed by atoms with E-state index in [-0.39, 0.29) is 0 Å². The normalized spacial score (nSPS) is 11.7. The molecule has 0 aliphatic heterocycles. The minimum Gasteiger partial charge on any atom is -0.309 e. The van der Waals surface area contributed by atoms with Gasteiger partial charge in [0.2, 0.25) is 0 Å². The van der Waals surface area contributed by atoms with E-state index in [1.54, 1.807) is 0 Å². The Morgan fingerprint density at radius 1 is 0.198 bits per heavy atom. The van der Waals surface area contributed by atoms with Gasteiger partial charge in [-0.15, -0.1) is 0 Å². The van der Waals surface area contributed by atoms with Gasteiger partial charge in [-0.3, -0.25) is 0 Å². The molecule has 3 heteroatoms. The highest BCUT2D eigenvalue weighted by Gasteiger charge is 2.43. The summed E-state index contributed by atoms with van der Waals surface area (Å²) in [7, 11) is -3.31. The molecule has 0 radical (unpaired) electrons. The fourth-order valence-electron chi connectivity index (χ4n) is 13.0. The standard InChI is InChI=1S/C78H54N2Si/c1-7-25-55(26-8-1)60-35-23-39-65(49-60)81(64-37-17-6-18-38-64,66-40-24-36-61(50-66)56-27-9-2-10-28-56)67-53-70(58-31-13-4-14-32-58)78(71(54-67)59-33-15-5-16-34-59)80-76-47-45-62(57-29-11-3-12-30-57)51-72(76)73-52-63(46-48-77(73)80)79-74-43-21-19-41-68(74)69-42-20-22-44-75(69)79/h1-54H. The van der Waals surface area contributed by atoms with E-state index < -0.39 is 8.07 Å². The quantitative estimate of drug-likeness (QED) is 0.0902. The van der Waals surface area contributed by atoms with Gasteiger partial charge in [-0.05, 0) is 108 Å². The minimum atomic E-state index is -3.31. The van der Waals surface area contributed by atoms with Gasteiger partial charge < -0.3 is 9.13 Å². The van der Waals surface area contributed by atoms with Crippen molar-refractivity contribution in [1.82, 2.24) is 9.13 Å². The maximum atomic E-state index is 2.59. The summed E-state index contributed by atoms with van der Waals surface area (Å²) in [5.74, 6) is 0. The van der Waals surface area contributed by atoms with Gasteiger partial charge in [0.1, 0.15) is 0 Å². The summed E-state index contributed by atoms with van der Waals surface area (Å²) in [6.45, 7) is 0. The van der Waals surface area contributed by atoms with Crippen LogP contribution >= 0.6 is 0 Å². The summed E-state index contributed by atoms with van der Waals surface area (Å²) in [6, 6.07) is 122. The molecule has 2 nitrogen and oxygen atoms in total. The van der Waals surface area contributed by atoms with Gasteiger partial charge >= 0.3 is 0 Å². The Bertz CT molecular complexity index is 4580. The second-order valence-corrected chi connectivity index (χ2v) is 25.0. The summed E-state index contributed by atoms with van der Waals surface area (Å²) >= 11 is 0. The van der Waals surface area contributed by atoms with Crippen molar-refractivity contribution in [2.45, 2.75) is 0 Å². The van der Waals surface area contributed by atoms with E-state index >= 15 is 0 Å². The smallest absolute Gasteiger partial charge is 0.179 e. The Morgan fingerprint density at radius 2 is 0.556 bits per heavy atom. The van der Waals surface area contributed by atoms with Crippen molar-refractivity contribution in [3.05, 3.63) is 328 Å². The van der Waals surface area contributed by atoms with E-state index in [1.165, 1.54) is 86.7 Å². The molecule has 15 aromatic rings. The van der Waals surface area contributed by atoms with Crippen LogP contribution in [0.1, 0.15) is 0 Å². The Kier molecular flexibility index (Phi) is 11.9. The van der Waals surface area contributed by atoms with Gasteiger partial charge in [-0.2, -0.15) is 0 Å². The molecule has 0 unspecified atom stereocenters. The van der Waals surface area contributed by atoms with Crippen LogP contribution in [0.4, 0.5) is 0 Å². The Labute approximate surface area is 473 Å². The summed E-state index contributed by atoms with van der Waals surface area (Å²) in [4.78, 5) is 0. The second-order valence-electron chi connectivity index (χ2n) is 21.2. The van der Waals surface area contributed by atoms with Crippen LogP contribution in [-0.4, -0.2) is 17.2 Å². The van der Waals surface area contributed by atoms with Gasteiger partial charge in [0, 0.05) is 38.4 Å². The lowest BCUT2D eigenvalue weighted by atomic mass is 9.95. The average Bonchev–Trinajstić information content (AvgIpc) is 4.27. The first-order valence-corrected chi connectivity index (χ1v) is 30.0. The molecule has 2 heterocycles.